The highest BCUT2D eigenvalue weighted by molar-refractivity contribution is 7.10. The summed E-state index contributed by atoms with van der Waals surface area (Å²) in [4.78, 5) is 56.8. The molecule has 2 saturated carbocycles. The van der Waals surface area contributed by atoms with E-state index in [0.717, 1.165) is 63.1 Å². The van der Waals surface area contributed by atoms with Crippen LogP contribution < -0.4 is 10.7 Å². The summed E-state index contributed by atoms with van der Waals surface area (Å²) in [6.45, 7) is 13.3. The van der Waals surface area contributed by atoms with Crippen molar-refractivity contribution in [2.45, 2.75) is 122 Å². The summed E-state index contributed by atoms with van der Waals surface area (Å²) >= 11 is 1.42. The van der Waals surface area contributed by atoms with E-state index < -0.39 is 29.6 Å². The first-order chi connectivity index (χ1) is 34.7. The summed E-state index contributed by atoms with van der Waals surface area (Å²) in [5.41, 5.74) is 10.4. The Morgan fingerprint density at radius 3 is 2.57 bits per heavy atom. The molecule has 6 aliphatic rings. The molecular formula is C56H71N7O8S. The molecule has 72 heavy (non-hydrogen) atoms. The Bertz CT molecular complexity index is 2750. The molecule has 7 heterocycles. The van der Waals surface area contributed by atoms with Crippen LogP contribution in [0.25, 0.3) is 33.4 Å². The molecule has 16 heteroatoms. The molecule has 3 aromatic heterocycles. The molecule has 4 aliphatic heterocycles. The van der Waals surface area contributed by atoms with Gasteiger partial charge in [0.25, 0.3) is 5.91 Å². The van der Waals surface area contributed by atoms with Gasteiger partial charge in [0.1, 0.15) is 23.2 Å². The van der Waals surface area contributed by atoms with Gasteiger partial charge in [0.2, 0.25) is 5.91 Å². The Balaban J connectivity index is 1.10. The van der Waals surface area contributed by atoms with Crippen molar-refractivity contribution in [3.05, 3.63) is 94.1 Å². The molecule has 5 fully saturated rings. The molecule has 0 unspecified atom stereocenters. The number of esters is 1. The Hall–Kier alpha value is -5.07. The third-order valence-corrected chi connectivity index (χ3v) is 17.0. The number of aromatic nitrogens is 3. The number of hydrogen-bond acceptors (Lipinski definition) is 13. The molecular weight excluding hydrogens is 931 g/mol. The number of hydrogen-bond donors (Lipinski definition) is 2. The maximum Gasteiger partial charge on any atom is 0.325 e. The van der Waals surface area contributed by atoms with Gasteiger partial charge < -0.3 is 38.5 Å². The second kappa shape index (κ2) is 21.0. The standard InChI is InChI=1S/C56H71N7O8S/c1-32(61(6)7)29-70-51-49(59-52(64)46-33(2)45(46)35-13-10-9-11-14-35)54(65)63-38-25-37(26-38)48(60-63)55(66)71-31-56(4,5)28-42-41-27-36(43-30-72-53(51)58-43)16-17-44(41)62(21-24-69-39-18-22-68-23-19-39)50(42)40-15-12-20-57-47(40)34(3)67-8/h9-17,20,27,30,32-34,37-39,45-46,48-49,51,60H,18-19,21-26,28-29,31H2,1-8H3,(H,59,64)/t32-,33-,34-,37?,38?,45-,46+,48-,49-,51-/m0/s1. The average molecular weight is 1000 g/mol. The van der Waals surface area contributed by atoms with Crippen molar-refractivity contribution >= 4 is 40.0 Å². The van der Waals surface area contributed by atoms with Crippen molar-refractivity contribution in [2.75, 3.05) is 54.2 Å². The lowest BCUT2D eigenvalue weighted by Crippen LogP contribution is -2.72. The SMILES string of the molecule is CO[C@@H](C)c1ncccc1-c1c2c3cc(ccc3n1CCOC1CCOCC1)-c1csc(n1)[C@@H](OC[C@H](C)N(C)C)[C@H](NC(=O)[C@@H]1[C@@H](C)[C@H]1c1ccccc1)C(=O)N1N[C@H](C(=O)OCC(C)(C)C2)C2CC1C2. The van der Waals surface area contributed by atoms with E-state index in [0.29, 0.717) is 50.6 Å². The molecule has 2 amide bonds. The minimum absolute atomic E-state index is 0.000109. The summed E-state index contributed by atoms with van der Waals surface area (Å²) in [6.07, 6.45) is 4.25. The van der Waals surface area contributed by atoms with E-state index in [1.165, 1.54) is 11.3 Å². The second-order valence-corrected chi connectivity index (χ2v) is 22.7. The molecule has 3 saturated heterocycles. The van der Waals surface area contributed by atoms with E-state index >= 15 is 4.79 Å². The van der Waals surface area contributed by atoms with Gasteiger partial charge in [-0.25, -0.2) is 10.4 Å². The van der Waals surface area contributed by atoms with Gasteiger partial charge in [0.05, 0.1) is 49.1 Å². The fourth-order valence-corrected chi connectivity index (χ4v) is 12.2. The maximum atomic E-state index is 15.4. The lowest BCUT2D eigenvalue weighted by molar-refractivity contribution is -0.173. The van der Waals surface area contributed by atoms with Gasteiger partial charge in [-0.1, -0.05) is 57.2 Å². The van der Waals surface area contributed by atoms with Gasteiger partial charge in [-0.05, 0) is 113 Å². The zero-order chi connectivity index (χ0) is 50.4. The number of carbonyl (C=O) groups is 3. The number of likely N-dealkylation sites (N-methyl/N-ethyl adjacent to an activating group) is 1. The number of carbonyl (C=O) groups excluding carboxylic acids is 3. The highest BCUT2D eigenvalue weighted by Crippen LogP contribution is 2.54. The Kier molecular flexibility index (Phi) is 14.7. The predicted molar refractivity (Wildman–Crippen MR) is 276 cm³/mol. The van der Waals surface area contributed by atoms with Crippen molar-refractivity contribution in [1.82, 2.24) is 35.2 Å². The number of ether oxygens (including phenoxy) is 5. The first-order valence-corrected chi connectivity index (χ1v) is 26.8. The van der Waals surface area contributed by atoms with E-state index in [2.05, 4.69) is 84.3 Å². The molecule has 5 aromatic rings. The van der Waals surface area contributed by atoms with Gasteiger partial charge >= 0.3 is 5.97 Å². The number of rotatable bonds is 14. The van der Waals surface area contributed by atoms with Crippen LogP contribution in [0.4, 0.5) is 0 Å². The van der Waals surface area contributed by atoms with E-state index in [4.69, 9.17) is 33.7 Å². The number of pyridine rings is 1. The predicted octanol–water partition coefficient (Wildman–Crippen LogP) is 7.89. The molecule has 8 bridgehead atoms. The Morgan fingerprint density at radius 1 is 1.04 bits per heavy atom. The molecule has 384 valence electrons. The van der Waals surface area contributed by atoms with E-state index in [1.807, 2.05) is 56.9 Å². The molecule has 2 aromatic carbocycles. The Labute approximate surface area is 427 Å². The lowest BCUT2D eigenvalue weighted by Gasteiger charge is -2.53. The fourth-order valence-electron chi connectivity index (χ4n) is 11.3. The molecule has 15 nitrogen and oxygen atoms in total. The van der Waals surface area contributed by atoms with Crippen molar-refractivity contribution in [2.24, 2.45) is 23.2 Å². The minimum atomic E-state index is -1.16. The highest BCUT2D eigenvalue weighted by atomic mass is 32.1. The van der Waals surface area contributed by atoms with Gasteiger partial charge in [-0.3, -0.25) is 24.4 Å². The number of cyclic esters (lactones) is 1. The zero-order valence-corrected chi connectivity index (χ0v) is 43.8. The van der Waals surface area contributed by atoms with E-state index in [1.54, 1.807) is 12.1 Å². The number of nitrogens with zero attached hydrogens (tertiary/aromatic N) is 5. The smallest absolute Gasteiger partial charge is 0.325 e. The normalized spacial score (nSPS) is 27.2. The van der Waals surface area contributed by atoms with E-state index in [-0.39, 0.29) is 73.0 Å². The van der Waals surface area contributed by atoms with Crippen LogP contribution >= 0.6 is 11.3 Å². The van der Waals surface area contributed by atoms with Gasteiger partial charge in [0, 0.05) is 83.9 Å². The first-order valence-electron chi connectivity index (χ1n) is 25.9. The molecule has 2 aliphatic carbocycles. The zero-order valence-electron chi connectivity index (χ0n) is 43.0. The lowest BCUT2D eigenvalue weighted by atomic mass is 9.73. The van der Waals surface area contributed by atoms with Crippen molar-refractivity contribution in [3.63, 3.8) is 0 Å². The summed E-state index contributed by atoms with van der Waals surface area (Å²) in [7, 11) is 5.68. The topological polar surface area (TPSA) is 159 Å². The second-order valence-electron chi connectivity index (χ2n) is 21.8. The van der Waals surface area contributed by atoms with E-state index in [9.17, 15) is 9.59 Å². The molecule has 8 atom stereocenters. The van der Waals surface area contributed by atoms with Crippen LogP contribution in [0.5, 0.6) is 0 Å². The number of amides is 2. The van der Waals surface area contributed by atoms with Crippen LogP contribution in [-0.2, 0) is 51.0 Å². The van der Waals surface area contributed by atoms with Gasteiger partial charge in [-0.15, -0.1) is 11.3 Å². The number of fused-ring (bicyclic) bond motifs is 4. The largest absolute Gasteiger partial charge is 0.464 e. The third kappa shape index (κ3) is 10.1. The highest BCUT2D eigenvalue weighted by Gasteiger charge is 2.55. The number of benzene rings is 2. The van der Waals surface area contributed by atoms with Crippen molar-refractivity contribution in [3.8, 4) is 22.5 Å². The Morgan fingerprint density at radius 2 is 1.82 bits per heavy atom. The average Bonchev–Trinajstić information content (AvgIpc) is 3.66. The van der Waals surface area contributed by atoms with Crippen LogP contribution in [-0.4, -0.2) is 127 Å². The van der Waals surface area contributed by atoms with Crippen LogP contribution in [0.1, 0.15) is 100 Å². The third-order valence-electron chi connectivity index (χ3n) is 16.0. The summed E-state index contributed by atoms with van der Waals surface area (Å²) in [6, 6.07) is 18.6. The minimum Gasteiger partial charge on any atom is -0.464 e. The quantitative estimate of drug-likeness (QED) is 0.104. The van der Waals surface area contributed by atoms with Crippen molar-refractivity contribution in [1.29, 1.82) is 0 Å². The number of thiazole rings is 1. The monoisotopic (exact) mass is 1000 g/mol. The molecule has 2 N–H and O–H groups in total. The maximum absolute atomic E-state index is 15.4. The number of nitrogens with one attached hydrogen (secondary N) is 2. The molecule has 11 rings (SSSR count). The van der Waals surface area contributed by atoms with Crippen LogP contribution in [0.3, 0.4) is 0 Å². The fraction of sp³-hybridized carbons (Fsp3) is 0.554. The van der Waals surface area contributed by atoms with Crippen LogP contribution in [0.15, 0.2) is 72.2 Å². The number of hydrazine groups is 1. The summed E-state index contributed by atoms with van der Waals surface area (Å²) in [5, 5.41) is 8.46. The molecule has 0 radical (unpaired) electrons. The van der Waals surface area contributed by atoms with Crippen LogP contribution in [0, 0.1) is 23.2 Å². The summed E-state index contributed by atoms with van der Waals surface area (Å²) < 4.78 is 33.7. The van der Waals surface area contributed by atoms with Crippen molar-refractivity contribution < 1.29 is 38.1 Å². The van der Waals surface area contributed by atoms with Gasteiger partial charge in [0.15, 0.2) is 0 Å². The van der Waals surface area contributed by atoms with Crippen LogP contribution in [0.2, 0.25) is 0 Å². The molecule has 0 spiro atoms. The summed E-state index contributed by atoms with van der Waals surface area (Å²) in [5.74, 6) is -1.22. The first kappa shape index (κ1) is 50.5. The number of methoxy groups -OCH3 is 1. The van der Waals surface area contributed by atoms with Gasteiger partial charge in [-0.2, -0.15) is 0 Å².